The Labute approximate surface area is 132 Å². The molecule has 1 aromatic carbocycles. The van der Waals surface area contributed by atoms with Gasteiger partial charge in [-0.3, -0.25) is 4.79 Å². The van der Waals surface area contributed by atoms with E-state index in [4.69, 9.17) is 10.2 Å². The first kappa shape index (κ1) is 16.8. The highest BCUT2D eigenvalue weighted by molar-refractivity contribution is 7.17. The monoisotopic (exact) mass is 342 g/mol. The summed E-state index contributed by atoms with van der Waals surface area (Å²) in [5.74, 6) is -3.41. The number of carboxylic acid groups (broad SMARTS) is 1. The van der Waals surface area contributed by atoms with Crippen LogP contribution in [0.2, 0.25) is 0 Å². The second kappa shape index (κ2) is 6.25. The van der Waals surface area contributed by atoms with Gasteiger partial charge >= 0.3 is 12.1 Å². The van der Waals surface area contributed by atoms with Crippen LogP contribution in [0, 0.1) is 0 Å². The van der Waals surface area contributed by atoms with Crippen LogP contribution in [0.5, 0.6) is 0 Å². The van der Waals surface area contributed by atoms with Gasteiger partial charge in [0, 0.05) is 11.0 Å². The van der Waals surface area contributed by atoms with Crippen LogP contribution in [-0.4, -0.2) is 22.0 Å². The molecule has 0 bridgehead atoms. The number of hydrogen-bond donors (Lipinski definition) is 2. The minimum absolute atomic E-state index is 0.160. The van der Waals surface area contributed by atoms with Gasteiger partial charge in [-0.05, 0) is 29.8 Å². The van der Waals surface area contributed by atoms with Crippen molar-refractivity contribution in [2.24, 2.45) is 0 Å². The zero-order valence-electron chi connectivity index (χ0n) is 11.3. The van der Waals surface area contributed by atoms with Crippen molar-refractivity contribution in [2.45, 2.75) is 6.18 Å². The van der Waals surface area contributed by atoms with Crippen LogP contribution in [0.3, 0.4) is 0 Å². The van der Waals surface area contributed by atoms with Crippen LogP contribution in [-0.2, 0) is 11.0 Å². The molecule has 0 radical (unpaired) electrons. The maximum atomic E-state index is 12.5. The molecule has 2 N–H and O–H groups in total. The molecule has 0 saturated carbocycles. The van der Waals surface area contributed by atoms with E-state index in [9.17, 15) is 22.8 Å². The molecule has 2 rings (SSSR count). The number of aliphatic hydroxyl groups excluding tert-OH is 1. The molecule has 2 aromatic rings. The highest BCUT2D eigenvalue weighted by Gasteiger charge is 2.30. The molecule has 8 heteroatoms. The third kappa shape index (κ3) is 3.98. The van der Waals surface area contributed by atoms with Crippen molar-refractivity contribution >= 4 is 23.1 Å². The van der Waals surface area contributed by atoms with Crippen molar-refractivity contribution in [2.75, 3.05) is 0 Å². The van der Waals surface area contributed by atoms with Crippen molar-refractivity contribution in [3.8, 4) is 10.4 Å². The number of benzene rings is 1. The normalized spacial score (nSPS) is 12.2. The summed E-state index contributed by atoms with van der Waals surface area (Å²) in [6, 6.07) is 7.39. The SMILES string of the molecule is O=C(O)C(O)=CC(=O)c1ccc(-c2ccc(C(F)(F)F)cc2)s1. The van der Waals surface area contributed by atoms with Crippen LogP contribution in [0.15, 0.2) is 48.2 Å². The molecule has 0 aliphatic heterocycles. The fraction of sp³-hybridized carbons (Fsp3) is 0.0667. The lowest BCUT2D eigenvalue weighted by Gasteiger charge is -2.06. The van der Waals surface area contributed by atoms with Crippen LogP contribution < -0.4 is 0 Å². The zero-order chi connectivity index (χ0) is 17.2. The van der Waals surface area contributed by atoms with Crippen molar-refractivity contribution in [1.29, 1.82) is 0 Å². The number of aliphatic carboxylic acids is 1. The van der Waals surface area contributed by atoms with Gasteiger partial charge in [-0.2, -0.15) is 13.2 Å². The molecule has 23 heavy (non-hydrogen) atoms. The van der Waals surface area contributed by atoms with E-state index in [1.807, 2.05) is 0 Å². The van der Waals surface area contributed by atoms with Gasteiger partial charge in [-0.25, -0.2) is 4.79 Å². The Hall–Kier alpha value is -2.61. The van der Waals surface area contributed by atoms with Gasteiger partial charge in [0.1, 0.15) is 0 Å². The van der Waals surface area contributed by atoms with E-state index in [-0.39, 0.29) is 4.88 Å². The summed E-state index contributed by atoms with van der Waals surface area (Å²) in [6.45, 7) is 0. The zero-order valence-corrected chi connectivity index (χ0v) is 12.1. The van der Waals surface area contributed by atoms with E-state index in [2.05, 4.69) is 0 Å². The van der Waals surface area contributed by atoms with Gasteiger partial charge in [0.15, 0.2) is 5.78 Å². The van der Waals surface area contributed by atoms with Crippen LogP contribution in [0.4, 0.5) is 13.2 Å². The Bertz CT molecular complexity index is 773. The molecule has 0 saturated heterocycles. The second-order valence-corrected chi connectivity index (χ2v) is 5.52. The minimum atomic E-state index is -4.42. The highest BCUT2D eigenvalue weighted by Crippen LogP contribution is 2.33. The number of carbonyl (C=O) groups is 2. The number of allylic oxidation sites excluding steroid dienone is 1. The van der Waals surface area contributed by atoms with E-state index in [0.717, 1.165) is 23.5 Å². The number of thiophene rings is 1. The van der Waals surface area contributed by atoms with Gasteiger partial charge in [0.25, 0.3) is 0 Å². The molecule has 120 valence electrons. The molecule has 0 spiro atoms. The number of ketones is 1. The molecule has 0 aliphatic carbocycles. The highest BCUT2D eigenvalue weighted by atomic mass is 32.1. The Morgan fingerprint density at radius 3 is 2.13 bits per heavy atom. The number of aliphatic hydroxyl groups is 1. The van der Waals surface area contributed by atoms with Crippen LogP contribution in [0.25, 0.3) is 10.4 Å². The smallest absolute Gasteiger partial charge is 0.416 e. The fourth-order valence-electron chi connectivity index (χ4n) is 1.71. The van der Waals surface area contributed by atoms with E-state index in [1.165, 1.54) is 24.3 Å². The predicted octanol–water partition coefficient (Wildman–Crippen LogP) is 4.14. The van der Waals surface area contributed by atoms with Crippen molar-refractivity contribution in [1.82, 2.24) is 0 Å². The number of carboxylic acids is 1. The third-order valence-corrected chi connectivity index (χ3v) is 3.98. The molecule has 0 amide bonds. The number of rotatable bonds is 4. The first-order valence-electron chi connectivity index (χ1n) is 6.14. The van der Waals surface area contributed by atoms with Crippen molar-refractivity contribution < 1.29 is 33.0 Å². The topological polar surface area (TPSA) is 74.6 Å². The summed E-state index contributed by atoms with van der Waals surface area (Å²) >= 11 is 0.982. The number of hydrogen-bond acceptors (Lipinski definition) is 4. The molecule has 4 nitrogen and oxygen atoms in total. The Morgan fingerprint density at radius 2 is 1.61 bits per heavy atom. The minimum Gasteiger partial charge on any atom is -0.502 e. The maximum absolute atomic E-state index is 12.5. The van der Waals surface area contributed by atoms with Crippen LogP contribution in [0.1, 0.15) is 15.2 Å². The molecule has 0 atom stereocenters. The molecule has 0 fully saturated rings. The van der Waals surface area contributed by atoms with Gasteiger partial charge in [-0.1, -0.05) is 12.1 Å². The standard InChI is InChI=1S/C15H9F3O4S/c16-15(17,18)9-3-1-8(2-4-9)12-5-6-13(23-12)10(19)7-11(20)14(21)22/h1-7,20H,(H,21,22). The average Bonchev–Trinajstić information content (AvgIpc) is 2.96. The second-order valence-electron chi connectivity index (χ2n) is 4.44. The first-order valence-corrected chi connectivity index (χ1v) is 6.96. The quantitative estimate of drug-likeness (QED) is 0.497. The lowest BCUT2D eigenvalue weighted by Crippen LogP contribution is -2.03. The fourth-order valence-corrected chi connectivity index (χ4v) is 2.63. The van der Waals surface area contributed by atoms with Crippen LogP contribution >= 0.6 is 11.3 Å². The summed E-state index contributed by atoms with van der Waals surface area (Å²) in [7, 11) is 0. The molecule has 1 aromatic heterocycles. The summed E-state index contributed by atoms with van der Waals surface area (Å²) in [4.78, 5) is 22.9. The Balaban J connectivity index is 2.24. The van der Waals surface area contributed by atoms with Gasteiger partial charge in [0.05, 0.1) is 10.4 Å². The van der Waals surface area contributed by atoms with E-state index < -0.39 is 29.3 Å². The maximum Gasteiger partial charge on any atom is 0.416 e. The molecular weight excluding hydrogens is 333 g/mol. The predicted molar refractivity (Wildman–Crippen MR) is 77.4 cm³/mol. The lowest BCUT2D eigenvalue weighted by atomic mass is 10.1. The molecule has 0 unspecified atom stereocenters. The summed E-state index contributed by atoms with van der Waals surface area (Å²) < 4.78 is 37.5. The largest absolute Gasteiger partial charge is 0.502 e. The molecular formula is C15H9F3O4S. The van der Waals surface area contributed by atoms with Crippen molar-refractivity contribution in [3.05, 3.63) is 58.7 Å². The molecule has 1 heterocycles. The van der Waals surface area contributed by atoms with Crippen molar-refractivity contribution in [3.63, 3.8) is 0 Å². The van der Waals surface area contributed by atoms with Gasteiger partial charge in [0.2, 0.25) is 5.76 Å². The average molecular weight is 342 g/mol. The molecule has 0 aliphatic rings. The number of alkyl halides is 3. The Kier molecular flexibility index (Phi) is 4.55. The van der Waals surface area contributed by atoms with E-state index >= 15 is 0 Å². The number of carbonyl (C=O) groups excluding carboxylic acids is 1. The Morgan fingerprint density at radius 1 is 1.00 bits per heavy atom. The summed E-state index contributed by atoms with van der Waals surface area (Å²) in [5.41, 5.74) is -0.281. The summed E-state index contributed by atoms with van der Waals surface area (Å²) in [6.07, 6.45) is -3.85. The van der Waals surface area contributed by atoms with Gasteiger partial charge in [-0.15, -0.1) is 11.3 Å². The first-order chi connectivity index (χ1) is 10.7. The number of halogens is 3. The lowest BCUT2D eigenvalue weighted by molar-refractivity contribution is -0.137. The van der Waals surface area contributed by atoms with Gasteiger partial charge < -0.3 is 10.2 Å². The third-order valence-electron chi connectivity index (χ3n) is 2.83. The summed E-state index contributed by atoms with van der Waals surface area (Å²) in [5, 5.41) is 17.5. The van der Waals surface area contributed by atoms with E-state index in [1.54, 1.807) is 0 Å². The van der Waals surface area contributed by atoms with E-state index in [0.29, 0.717) is 16.5 Å².